The molecule has 0 aromatic rings. The molecule has 0 aliphatic carbocycles. The van der Waals surface area contributed by atoms with Crippen molar-refractivity contribution in [3.05, 3.63) is 0 Å². The number of carbonyl (C=O) groups excluding carboxylic acids is 1. The predicted molar refractivity (Wildman–Crippen MR) is 74.3 cm³/mol. The van der Waals surface area contributed by atoms with Crippen molar-refractivity contribution in [2.24, 2.45) is 0 Å². The Balaban J connectivity index is 1.71. The molecule has 4 heteroatoms. The van der Waals surface area contributed by atoms with Gasteiger partial charge in [0.15, 0.2) is 0 Å². The van der Waals surface area contributed by atoms with Crippen molar-refractivity contribution in [2.75, 3.05) is 26.7 Å². The van der Waals surface area contributed by atoms with Crippen LogP contribution in [0.25, 0.3) is 0 Å². The molecule has 2 fully saturated rings. The van der Waals surface area contributed by atoms with Crippen molar-refractivity contribution >= 4 is 5.97 Å². The molecule has 0 aromatic carbocycles. The molecule has 19 heavy (non-hydrogen) atoms. The van der Waals surface area contributed by atoms with Crippen LogP contribution in [0, 0.1) is 0 Å². The first-order valence-corrected chi connectivity index (χ1v) is 8.00. The van der Waals surface area contributed by atoms with E-state index in [1.807, 2.05) is 0 Å². The molecule has 2 saturated heterocycles. The van der Waals surface area contributed by atoms with Crippen molar-refractivity contribution in [2.45, 2.75) is 64.1 Å². The zero-order valence-corrected chi connectivity index (χ0v) is 12.7. The summed E-state index contributed by atoms with van der Waals surface area (Å²) < 4.78 is 5.69. The molecular formula is C15H30N2O2+2. The zero-order chi connectivity index (χ0) is 13.8. The van der Waals surface area contributed by atoms with Crippen LogP contribution in [0.3, 0.4) is 0 Å². The first-order chi connectivity index (χ1) is 9.13. The lowest BCUT2D eigenvalue weighted by Crippen LogP contribution is -3.15. The van der Waals surface area contributed by atoms with E-state index < -0.39 is 0 Å². The van der Waals surface area contributed by atoms with Gasteiger partial charge in [-0.1, -0.05) is 0 Å². The Morgan fingerprint density at radius 1 is 1.21 bits per heavy atom. The lowest BCUT2D eigenvalue weighted by atomic mass is 10.0. The van der Waals surface area contributed by atoms with E-state index in [1.54, 1.807) is 4.90 Å². The van der Waals surface area contributed by atoms with Gasteiger partial charge in [0.25, 0.3) is 0 Å². The number of fused-ring (bicyclic) bond motifs is 2. The summed E-state index contributed by atoms with van der Waals surface area (Å²) >= 11 is 0. The Labute approximate surface area is 117 Å². The van der Waals surface area contributed by atoms with Crippen LogP contribution in [0.1, 0.15) is 46.0 Å². The number of esters is 1. The van der Waals surface area contributed by atoms with E-state index >= 15 is 0 Å². The fourth-order valence-corrected chi connectivity index (χ4v) is 3.75. The molecule has 2 bridgehead atoms. The summed E-state index contributed by atoms with van der Waals surface area (Å²) in [5.41, 5.74) is 0. The number of quaternary nitrogens is 2. The van der Waals surface area contributed by atoms with Gasteiger partial charge in [0, 0.05) is 25.7 Å². The van der Waals surface area contributed by atoms with Gasteiger partial charge in [-0.05, 0) is 13.8 Å². The third-order valence-corrected chi connectivity index (χ3v) is 5.23. The van der Waals surface area contributed by atoms with Crippen LogP contribution in [0.15, 0.2) is 0 Å². The average molecular weight is 270 g/mol. The van der Waals surface area contributed by atoms with Crippen LogP contribution in [-0.4, -0.2) is 50.8 Å². The first-order valence-electron chi connectivity index (χ1n) is 8.00. The number of ether oxygens (including phenoxy) is 1. The summed E-state index contributed by atoms with van der Waals surface area (Å²) in [5, 5.41) is 0. The van der Waals surface area contributed by atoms with Crippen molar-refractivity contribution in [1.82, 2.24) is 0 Å². The number of rotatable bonds is 6. The van der Waals surface area contributed by atoms with Gasteiger partial charge in [-0.15, -0.1) is 0 Å². The fourth-order valence-electron chi connectivity index (χ4n) is 3.75. The van der Waals surface area contributed by atoms with Crippen LogP contribution in [0.5, 0.6) is 0 Å². The van der Waals surface area contributed by atoms with Crippen LogP contribution in [-0.2, 0) is 9.53 Å². The van der Waals surface area contributed by atoms with Gasteiger partial charge in [-0.3, -0.25) is 4.79 Å². The largest absolute Gasteiger partial charge is 0.462 e. The monoisotopic (exact) mass is 270 g/mol. The molecule has 2 atom stereocenters. The highest BCUT2D eigenvalue weighted by Gasteiger charge is 2.43. The maximum absolute atomic E-state index is 11.9. The molecule has 0 saturated carbocycles. The smallest absolute Gasteiger partial charge is 0.311 e. The van der Waals surface area contributed by atoms with E-state index in [9.17, 15) is 4.79 Å². The summed E-state index contributed by atoms with van der Waals surface area (Å²) in [5.74, 6) is 0.0170. The molecule has 2 N–H and O–H groups in total. The molecule has 2 aliphatic heterocycles. The highest BCUT2D eigenvalue weighted by Crippen LogP contribution is 2.24. The fraction of sp³-hybridized carbons (Fsp3) is 0.933. The average Bonchev–Trinajstić information content (AvgIpc) is 2.63. The highest BCUT2D eigenvalue weighted by molar-refractivity contribution is 5.69. The minimum Gasteiger partial charge on any atom is -0.462 e. The summed E-state index contributed by atoms with van der Waals surface area (Å²) in [6.45, 7) is 7.43. The quantitative estimate of drug-likeness (QED) is 0.611. The number of nitrogens with one attached hydrogen (secondary N) is 2. The van der Waals surface area contributed by atoms with Crippen molar-refractivity contribution in [3.8, 4) is 0 Å². The van der Waals surface area contributed by atoms with Gasteiger partial charge in [0.2, 0.25) is 0 Å². The molecule has 4 nitrogen and oxygen atoms in total. The van der Waals surface area contributed by atoms with E-state index in [-0.39, 0.29) is 12.1 Å². The Morgan fingerprint density at radius 3 is 2.32 bits per heavy atom. The topological polar surface area (TPSA) is 35.2 Å². The predicted octanol–water partition coefficient (Wildman–Crippen LogP) is -0.947. The molecule has 0 aromatic heterocycles. The molecule has 2 aliphatic rings. The van der Waals surface area contributed by atoms with Crippen molar-refractivity contribution in [1.29, 1.82) is 0 Å². The van der Waals surface area contributed by atoms with Gasteiger partial charge in [-0.2, -0.15) is 0 Å². The lowest BCUT2D eigenvalue weighted by molar-refractivity contribution is -0.923. The lowest BCUT2D eigenvalue weighted by Gasteiger charge is -2.33. The second-order valence-electron chi connectivity index (χ2n) is 6.26. The normalized spacial score (nSPS) is 33.7. The summed E-state index contributed by atoms with van der Waals surface area (Å²) in [6, 6.07) is 1.45. The standard InChI is InChI=1S/C15H28N2O2/c1-4-17(5-2)9-8-15(18)19-14-10-12-6-7-13(11-14)16(12)3/h12-14H,4-11H2,1-3H3/p+2. The maximum Gasteiger partial charge on any atom is 0.311 e. The highest BCUT2D eigenvalue weighted by atomic mass is 16.5. The molecule has 2 heterocycles. The van der Waals surface area contributed by atoms with Crippen molar-refractivity contribution < 1.29 is 19.3 Å². The van der Waals surface area contributed by atoms with Crippen LogP contribution >= 0.6 is 0 Å². The summed E-state index contributed by atoms with van der Waals surface area (Å²) in [7, 11) is 2.30. The Hall–Kier alpha value is -0.610. The van der Waals surface area contributed by atoms with Gasteiger partial charge >= 0.3 is 5.97 Å². The van der Waals surface area contributed by atoms with Crippen LogP contribution in [0.2, 0.25) is 0 Å². The van der Waals surface area contributed by atoms with Gasteiger partial charge < -0.3 is 14.5 Å². The number of hydrogen-bond donors (Lipinski definition) is 2. The Bertz CT molecular complexity index is 291. The Kier molecular flexibility index (Phi) is 5.22. The number of hydrogen-bond acceptors (Lipinski definition) is 2. The number of piperidine rings is 1. The molecule has 2 rings (SSSR count). The first kappa shape index (κ1) is 14.8. The SMILES string of the molecule is CC[NH+](CC)CCC(=O)OC1CC2CCC(C1)[NH+]2C. The second kappa shape index (κ2) is 6.71. The van der Waals surface area contributed by atoms with Crippen molar-refractivity contribution in [3.63, 3.8) is 0 Å². The van der Waals surface area contributed by atoms with E-state index in [0.29, 0.717) is 6.42 Å². The zero-order valence-electron chi connectivity index (χ0n) is 12.7. The Morgan fingerprint density at radius 2 is 1.79 bits per heavy atom. The van der Waals surface area contributed by atoms with Gasteiger partial charge in [0.1, 0.15) is 6.10 Å². The van der Waals surface area contributed by atoms with Gasteiger partial charge in [-0.25, -0.2) is 0 Å². The van der Waals surface area contributed by atoms with Crippen LogP contribution in [0.4, 0.5) is 0 Å². The molecule has 2 unspecified atom stereocenters. The molecule has 110 valence electrons. The molecular weight excluding hydrogens is 240 g/mol. The van der Waals surface area contributed by atoms with Gasteiger partial charge in [0.05, 0.1) is 45.2 Å². The number of carbonyl (C=O) groups is 1. The van der Waals surface area contributed by atoms with E-state index in [1.165, 1.54) is 17.7 Å². The van der Waals surface area contributed by atoms with E-state index in [2.05, 4.69) is 20.9 Å². The van der Waals surface area contributed by atoms with E-state index in [0.717, 1.165) is 44.6 Å². The summed E-state index contributed by atoms with van der Waals surface area (Å²) in [4.78, 5) is 15.1. The minimum absolute atomic E-state index is 0.0170. The molecule has 0 radical (unpaired) electrons. The van der Waals surface area contributed by atoms with E-state index in [4.69, 9.17) is 4.74 Å². The summed E-state index contributed by atoms with van der Waals surface area (Å²) in [6.07, 6.45) is 5.55. The third-order valence-electron chi connectivity index (χ3n) is 5.23. The molecule has 0 spiro atoms. The third kappa shape index (κ3) is 3.69. The minimum atomic E-state index is 0.0170. The molecule has 0 amide bonds. The second-order valence-corrected chi connectivity index (χ2v) is 6.26. The maximum atomic E-state index is 11.9. The van der Waals surface area contributed by atoms with Crippen LogP contribution < -0.4 is 9.80 Å².